The van der Waals surface area contributed by atoms with Crippen molar-refractivity contribution in [2.45, 2.75) is 6.43 Å². The fourth-order valence-corrected chi connectivity index (χ4v) is 1.11. The monoisotopic (exact) mass is 221 g/mol. The molecule has 3 nitrogen and oxygen atoms in total. The van der Waals surface area contributed by atoms with Crippen LogP contribution in [-0.2, 0) is 0 Å². The number of alkyl halides is 2. The van der Waals surface area contributed by atoms with Crippen molar-refractivity contribution >= 4 is 17.9 Å². The van der Waals surface area contributed by atoms with Crippen LogP contribution in [0.4, 0.5) is 8.78 Å². The van der Waals surface area contributed by atoms with E-state index in [-0.39, 0.29) is 16.6 Å². The number of carbonyl (C=O) groups is 1. The third kappa shape index (κ3) is 1.98. The minimum absolute atomic E-state index is 0.115. The molecule has 0 saturated heterocycles. The van der Waals surface area contributed by atoms with E-state index < -0.39 is 12.0 Å². The van der Waals surface area contributed by atoms with Crippen molar-refractivity contribution in [3.8, 4) is 5.88 Å². The van der Waals surface area contributed by atoms with Gasteiger partial charge in [0.1, 0.15) is 5.69 Å². The number of methoxy groups -OCH3 is 1. The van der Waals surface area contributed by atoms with Crippen LogP contribution in [0.15, 0.2) is 6.07 Å². The standard InChI is InChI=1S/C8H6ClF2NO2/c1-14-8-4(7(10)11)2-5(9)6(3-13)12-8/h2-3,7H,1H3. The number of pyridine rings is 1. The number of ether oxygens (including phenoxy) is 1. The highest BCUT2D eigenvalue weighted by molar-refractivity contribution is 6.32. The molecule has 0 aliphatic heterocycles. The number of nitrogens with zero attached hydrogens (tertiary/aromatic N) is 1. The number of rotatable bonds is 3. The van der Waals surface area contributed by atoms with Crippen LogP contribution in [-0.4, -0.2) is 18.4 Å². The Labute approximate surface area is 83.7 Å². The normalized spacial score (nSPS) is 10.4. The maximum atomic E-state index is 12.4. The van der Waals surface area contributed by atoms with Crippen LogP contribution in [0.5, 0.6) is 5.88 Å². The number of carbonyl (C=O) groups excluding carboxylic acids is 1. The Hall–Kier alpha value is -1.23. The van der Waals surface area contributed by atoms with Gasteiger partial charge in [0, 0.05) is 0 Å². The van der Waals surface area contributed by atoms with E-state index in [0.29, 0.717) is 6.29 Å². The lowest BCUT2D eigenvalue weighted by molar-refractivity contribution is 0.111. The van der Waals surface area contributed by atoms with Gasteiger partial charge >= 0.3 is 0 Å². The van der Waals surface area contributed by atoms with Crippen LogP contribution in [0.3, 0.4) is 0 Å². The smallest absolute Gasteiger partial charge is 0.269 e. The van der Waals surface area contributed by atoms with E-state index in [1.807, 2.05) is 0 Å². The Morgan fingerprint density at radius 1 is 1.64 bits per heavy atom. The van der Waals surface area contributed by atoms with Crippen LogP contribution >= 0.6 is 11.6 Å². The van der Waals surface area contributed by atoms with Gasteiger partial charge in [-0.3, -0.25) is 4.79 Å². The molecule has 1 aromatic heterocycles. The van der Waals surface area contributed by atoms with E-state index in [4.69, 9.17) is 11.6 Å². The summed E-state index contributed by atoms with van der Waals surface area (Å²) in [6.45, 7) is 0. The predicted molar refractivity (Wildman–Crippen MR) is 46.1 cm³/mol. The summed E-state index contributed by atoms with van der Waals surface area (Å²) in [5.41, 5.74) is -0.545. The second-order valence-corrected chi connectivity index (χ2v) is 2.78. The first-order valence-corrected chi connectivity index (χ1v) is 3.95. The van der Waals surface area contributed by atoms with Crippen molar-refractivity contribution in [1.29, 1.82) is 0 Å². The maximum absolute atomic E-state index is 12.4. The summed E-state index contributed by atoms with van der Waals surface area (Å²) in [4.78, 5) is 13.9. The average molecular weight is 222 g/mol. The van der Waals surface area contributed by atoms with Crippen molar-refractivity contribution in [2.24, 2.45) is 0 Å². The second-order valence-electron chi connectivity index (χ2n) is 2.37. The molecule has 0 unspecified atom stereocenters. The molecule has 6 heteroatoms. The van der Waals surface area contributed by atoms with Gasteiger partial charge in [0.25, 0.3) is 6.43 Å². The highest BCUT2D eigenvalue weighted by Gasteiger charge is 2.18. The summed E-state index contributed by atoms with van der Waals surface area (Å²) in [5.74, 6) is -0.286. The van der Waals surface area contributed by atoms with E-state index in [1.165, 1.54) is 7.11 Å². The van der Waals surface area contributed by atoms with Crippen molar-refractivity contribution in [3.63, 3.8) is 0 Å². The Balaban J connectivity index is 3.31. The molecule has 76 valence electrons. The summed E-state index contributed by atoms with van der Waals surface area (Å²) in [7, 11) is 1.19. The van der Waals surface area contributed by atoms with Crippen LogP contribution in [0, 0.1) is 0 Å². The zero-order valence-electron chi connectivity index (χ0n) is 7.13. The lowest BCUT2D eigenvalue weighted by Crippen LogP contribution is -1.99. The lowest BCUT2D eigenvalue weighted by Gasteiger charge is -2.07. The minimum Gasteiger partial charge on any atom is -0.481 e. The molecule has 0 fully saturated rings. The molecule has 0 aromatic carbocycles. The third-order valence-electron chi connectivity index (χ3n) is 1.54. The van der Waals surface area contributed by atoms with Gasteiger partial charge in [-0.2, -0.15) is 0 Å². The molecule has 1 rings (SSSR count). The molecule has 0 amide bonds. The first-order chi connectivity index (χ1) is 6.60. The Morgan fingerprint density at radius 2 is 2.29 bits per heavy atom. The third-order valence-corrected chi connectivity index (χ3v) is 1.84. The highest BCUT2D eigenvalue weighted by atomic mass is 35.5. The van der Waals surface area contributed by atoms with E-state index in [9.17, 15) is 13.6 Å². The SMILES string of the molecule is COc1nc(C=O)c(Cl)cc1C(F)F. The van der Waals surface area contributed by atoms with Gasteiger partial charge in [0.15, 0.2) is 6.29 Å². The quantitative estimate of drug-likeness (QED) is 0.736. The number of hydrogen-bond donors (Lipinski definition) is 0. The summed E-state index contributed by atoms with van der Waals surface area (Å²) in [6.07, 6.45) is -2.37. The summed E-state index contributed by atoms with van der Waals surface area (Å²) in [6, 6.07) is 0.974. The van der Waals surface area contributed by atoms with E-state index in [1.54, 1.807) is 0 Å². The van der Waals surface area contributed by atoms with Gasteiger partial charge < -0.3 is 4.74 Å². The molecule has 0 bridgehead atoms. The zero-order valence-corrected chi connectivity index (χ0v) is 7.89. The van der Waals surface area contributed by atoms with Gasteiger partial charge in [0.05, 0.1) is 17.7 Å². The molecule has 0 radical (unpaired) electrons. The average Bonchev–Trinajstić information content (AvgIpc) is 2.17. The largest absolute Gasteiger partial charge is 0.481 e. The molecule has 0 atom stereocenters. The fourth-order valence-electron chi connectivity index (χ4n) is 0.902. The van der Waals surface area contributed by atoms with E-state index in [0.717, 1.165) is 6.07 Å². The number of aromatic nitrogens is 1. The molecular weight excluding hydrogens is 216 g/mol. The second kappa shape index (κ2) is 4.32. The molecule has 1 aromatic rings. The van der Waals surface area contributed by atoms with Crippen LogP contribution < -0.4 is 4.74 Å². The number of halogens is 3. The van der Waals surface area contributed by atoms with Crippen molar-refractivity contribution < 1.29 is 18.3 Å². The van der Waals surface area contributed by atoms with Gasteiger partial charge in [-0.05, 0) is 6.07 Å². The number of aldehydes is 1. The maximum Gasteiger partial charge on any atom is 0.269 e. The zero-order chi connectivity index (χ0) is 10.7. The first-order valence-electron chi connectivity index (χ1n) is 3.58. The Morgan fingerprint density at radius 3 is 2.71 bits per heavy atom. The Kier molecular flexibility index (Phi) is 3.35. The molecule has 1 heterocycles. The molecule has 0 aliphatic rings. The van der Waals surface area contributed by atoms with Crippen LogP contribution in [0.1, 0.15) is 22.5 Å². The van der Waals surface area contributed by atoms with Crippen LogP contribution in [0.2, 0.25) is 5.02 Å². The van der Waals surface area contributed by atoms with Gasteiger partial charge in [-0.1, -0.05) is 11.6 Å². The Bertz CT molecular complexity index is 357. The fraction of sp³-hybridized carbons (Fsp3) is 0.250. The topological polar surface area (TPSA) is 39.2 Å². The molecule has 14 heavy (non-hydrogen) atoms. The van der Waals surface area contributed by atoms with Crippen molar-refractivity contribution in [2.75, 3.05) is 7.11 Å². The molecule has 0 N–H and O–H groups in total. The molecule has 0 saturated carbocycles. The summed E-state index contributed by atoms with van der Waals surface area (Å²) >= 11 is 5.52. The molecule has 0 aliphatic carbocycles. The van der Waals surface area contributed by atoms with Gasteiger partial charge in [0.2, 0.25) is 5.88 Å². The predicted octanol–water partition coefficient (Wildman–Crippen LogP) is 2.49. The molecule has 0 spiro atoms. The number of hydrogen-bond acceptors (Lipinski definition) is 3. The molecular formula is C8H6ClF2NO2. The lowest BCUT2D eigenvalue weighted by atomic mass is 10.2. The van der Waals surface area contributed by atoms with Crippen molar-refractivity contribution in [1.82, 2.24) is 4.98 Å². The van der Waals surface area contributed by atoms with Gasteiger partial charge in [-0.15, -0.1) is 0 Å². The van der Waals surface area contributed by atoms with Crippen LogP contribution in [0.25, 0.3) is 0 Å². The van der Waals surface area contributed by atoms with E-state index >= 15 is 0 Å². The highest BCUT2D eigenvalue weighted by Crippen LogP contribution is 2.30. The van der Waals surface area contributed by atoms with E-state index in [2.05, 4.69) is 9.72 Å². The summed E-state index contributed by atoms with van der Waals surface area (Å²) in [5, 5.41) is -0.115. The minimum atomic E-state index is -2.74. The first kappa shape index (κ1) is 10.8. The summed E-state index contributed by atoms with van der Waals surface area (Å²) < 4.78 is 29.3. The van der Waals surface area contributed by atoms with Crippen molar-refractivity contribution in [3.05, 3.63) is 22.3 Å². The van der Waals surface area contributed by atoms with Gasteiger partial charge in [-0.25, -0.2) is 13.8 Å².